The highest BCUT2D eigenvalue weighted by molar-refractivity contribution is 5.59. The summed E-state index contributed by atoms with van der Waals surface area (Å²) in [5.74, 6) is 0. The van der Waals surface area contributed by atoms with E-state index in [1.165, 1.54) is 0 Å². The maximum absolute atomic E-state index is 12.1. The summed E-state index contributed by atoms with van der Waals surface area (Å²) in [5.41, 5.74) is 16.3. The van der Waals surface area contributed by atoms with Gasteiger partial charge in [-0.25, -0.2) is 0 Å². The molecule has 0 unspecified atom stereocenters. The maximum atomic E-state index is 12.1. The molecule has 0 atom stereocenters. The Kier molecular flexibility index (Phi) is 3.44. The number of aromatic nitrogens is 2. The van der Waals surface area contributed by atoms with Gasteiger partial charge in [0, 0.05) is 9.82 Å². The molecule has 0 amide bonds. The van der Waals surface area contributed by atoms with E-state index >= 15 is 0 Å². The van der Waals surface area contributed by atoms with Crippen LogP contribution in [0.5, 0.6) is 0 Å². The molecular weight excluding hydrogens is 248 g/mol. The van der Waals surface area contributed by atoms with Crippen molar-refractivity contribution >= 4 is 11.4 Å². The van der Waals surface area contributed by atoms with Crippen LogP contribution in [0.2, 0.25) is 0 Å². The van der Waals surface area contributed by atoms with E-state index in [-0.39, 0.29) is 11.4 Å². The molecule has 9 heteroatoms. The SMILES string of the molecule is [N-]=[N+]=Nc1cnn(-c2ccccc2)c(=O)c1N=[N+]=[N-]. The second kappa shape index (κ2) is 5.37. The molecule has 0 spiro atoms. The summed E-state index contributed by atoms with van der Waals surface area (Å²) in [6.45, 7) is 0. The van der Waals surface area contributed by atoms with Crippen LogP contribution in [0.25, 0.3) is 26.6 Å². The lowest BCUT2D eigenvalue weighted by Crippen LogP contribution is -2.20. The Morgan fingerprint density at radius 3 is 2.42 bits per heavy atom. The van der Waals surface area contributed by atoms with Crippen molar-refractivity contribution in [2.75, 3.05) is 0 Å². The van der Waals surface area contributed by atoms with E-state index < -0.39 is 5.56 Å². The second-order valence-electron chi connectivity index (χ2n) is 3.31. The van der Waals surface area contributed by atoms with Gasteiger partial charge < -0.3 is 0 Å². The number of azide groups is 2. The molecule has 0 aliphatic carbocycles. The zero-order valence-electron chi connectivity index (χ0n) is 9.45. The van der Waals surface area contributed by atoms with Crippen LogP contribution in [-0.2, 0) is 0 Å². The summed E-state index contributed by atoms with van der Waals surface area (Å²) in [7, 11) is 0. The van der Waals surface area contributed by atoms with E-state index in [1.807, 2.05) is 0 Å². The summed E-state index contributed by atoms with van der Waals surface area (Å²) >= 11 is 0. The summed E-state index contributed by atoms with van der Waals surface area (Å²) in [6.07, 6.45) is 1.16. The van der Waals surface area contributed by atoms with Gasteiger partial charge in [0.2, 0.25) is 0 Å². The van der Waals surface area contributed by atoms with Gasteiger partial charge in [0.15, 0.2) is 0 Å². The highest BCUT2D eigenvalue weighted by atomic mass is 16.1. The Hall–Kier alpha value is -3.28. The van der Waals surface area contributed by atoms with Gasteiger partial charge in [0.25, 0.3) is 5.56 Å². The smallest absolute Gasteiger partial charge is 0.267 e. The fourth-order valence-electron chi connectivity index (χ4n) is 1.45. The van der Waals surface area contributed by atoms with Gasteiger partial charge in [-0.05, 0) is 23.2 Å². The molecule has 0 aliphatic rings. The van der Waals surface area contributed by atoms with Gasteiger partial charge in [-0.1, -0.05) is 28.4 Å². The zero-order chi connectivity index (χ0) is 13.7. The molecule has 0 saturated carbocycles. The Balaban J connectivity index is 2.74. The molecule has 0 bridgehead atoms. The Labute approximate surface area is 106 Å². The van der Waals surface area contributed by atoms with E-state index in [9.17, 15) is 4.79 Å². The lowest BCUT2D eigenvalue weighted by Gasteiger charge is -2.05. The van der Waals surface area contributed by atoms with Gasteiger partial charge in [0.1, 0.15) is 5.69 Å². The van der Waals surface area contributed by atoms with Gasteiger partial charge in [-0.3, -0.25) is 4.79 Å². The topological polar surface area (TPSA) is 132 Å². The van der Waals surface area contributed by atoms with Crippen LogP contribution in [0.1, 0.15) is 0 Å². The summed E-state index contributed by atoms with van der Waals surface area (Å²) < 4.78 is 1.06. The maximum Gasteiger partial charge on any atom is 0.281 e. The minimum atomic E-state index is -0.658. The first-order valence-corrected chi connectivity index (χ1v) is 5.06. The number of nitrogens with zero attached hydrogens (tertiary/aromatic N) is 8. The lowest BCUT2D eigenvalue weighted by molar-refractivity contribution is 0.807. The molecule has 1 aromatic heterocycles. The third-order valence-corrected chi connectivity index (χ3v) is 2.23. The first kappa shape index (κ1) is 12.2. The molecule has 0 radical (unpaired) electrons. The molecule has 0 fully saturated rings. The van der Waals surface area contributed by atoms with Crippen molar-refractivity contribution in [3.63, 3.8) is 0 Å². The van der Waals surface area contributed by atoms with Crippen molar-refractivity contribution in [3.8, 4) is 5.69 Å². The summed E-state index contributed by atoms with van der Waals surface area (Å²) in [6, 6.07) is 8.59. The predicted octanol–water partition coefficient (Wildman–Crippen LogP) is 3.12. The van der Waals surface area contributed by atoms with Crippen LogP contribution in [0, 0.1) is 0 Å². The van der Waals surface area contributed by atoms with Crippen LogP contribution in [0.15, 0.2) is 51.6 Å². The zero-order valence-corrected chi connectivity index (χ0v) is 9.45. The van der Waals surface area contributed by atoms with Crippen LogP contribution < -0.4 is 5.56 Å². The number of benzene rings is 1. The fraction of sp³-hybridized carbons (Fsp3) is 0. The predicted molar refractivity (Wildman–Crippen MR) is 67.4 cm³/mol. The molecule has 9 nitrogen and oxygen atoms in total. The molecule has 0 N–H and O–H groups in total. The molecule has 2 aromatic rings. The van der Waals surface area contributed by atoms with Crippen molar-refractivity contribution in [1.29, 1.82) is 0 Å². The minimum absolute atomic E-state index is 0.113. The Morgan fingerprint density at radius 2 is 1.79 bits per heavy atom. The van der Waals surface area contributed by atoms with Crippen molar-refractivity contribution in [1.82, 2.24) is 9.78 Å². The monoisotopic (exact) mass is 254 g/mol. The van der Waals surface area contributed by atoms with Crippen molar-refractivity contribution in [3.05, 3.63) is 67.8 Å². The highest BCUT2D eigenvalue weighted by Gasteiger charge is 2.09. The largest absolute Gasteiger partial charge is 0.281 e. The highest BCUT2D eigenvalue weighted by Crippen LogP contribution is 2.23. The van der Waals surface area contributed by atoms with Crippen LogP contribution >= 0.6 is 0 Å². The first-order chi connectivity index (χ1) is 9.27. The minimum Gasteiger partial charge on any atom is -0.267 e. The number of hydrogen-bond acceptors (Lipinski definition) is 4. The lowest BCUT2D eigenvalue weighted by atomic mass is 10.3. The van der Waals surface area contributed by atoms with E-state index in [4.69, 9.17) is 11.1 Å². The molecule has 92 valence electrons. The number of hydrogen-bond donors (Lipinski definition) is 0. The van der Waals surface area contributed by atoms with E-state index in [1.54, 1.807) is 30.3 Å². The molecule has 0 saturated heterocycles. The normalized spacial score (nSPS) is 9.26. The fourth-order valence-corrected chi connectivity index (χ4v) is 1.45. The average molecular weight is 254 g/mol. The molecule has 2 rings (SSSR count). The number of rotatable bonds is 3. The molecule has 1 aromatic carbocycles. The van der Waals surface area contributed by atoms with Gasteiger partial charge in [0.05, 0.1) is 17.6 Å². The molecule has 0 aliphatic heterocycles. The molecular formula is C10H6N8O. The first-order valence-electron chi connectivity index (χ1n) is 5.06. The van der Waals surface area contributed by atoms with E-state index in [0.717, 1.165) is 10.9 Å². The third-order valence-electron chi connectivity index (χ3n) is 2.23. The van der Waals surface area contributed by atoms with Gasteiger partial charge in [-0.15, -0.1) is 0 Å². The quantitative estimate of drug-likeness (QED) is 0.472. The average Bonchev–Trinajstić information content (AvgIpc) is 2.44. The summed E-state index contributed by atoms with van der Waals surface area (Å²) in [4.78, 5) is 17.2. The van der Waals surface area contributed by atoms with Crippen LogP contribution in [0.3, 0.4) is 0 Å². The van der Waals surface area contributed by atoms with Crippen LogP contribution in [0.4, 0.5) is 11.4 Å². The number of para-hydroxylation sites is 1. The van der Waals surface area contributed by atoms with Crippen molar-refractivity contribution < 1.29 is 0 Å². The standard InChI is InChI=1S/C10H6N8O/c11-16-14-8-6-13-18(7-4-2-1-3-5-7)10(19)9(8)15-17-12/h1-6H. The molecule has 19 heavy (non-hydrogen) atoms. The third kappa shape index (κ3) is 2.37. The van der Waals surface area contributed by atoms with Crippen molar-refractivity contribution in [2.45, 2.75) is 0 Å². The van der Waals surface area contributed by atoms with E-state index in [2.05, 4.69) is 25.2 Å². The van der Waals surface area contributed by atoms with Crippen LogP contribution in [-0.4, -0.2) is 9.78 Å². The van der Waals surface area contributed by atoms with E-state index in [0.29, 0.717) is 5.69 Å². The summed E-state index contributed by atoms with van der Waals surface area (Å²) in [5, 5.41) is 10.4. The Morgan fingerprint density at radius 1 is 1.11 bits per heavy atom. The Bertz CT molecular complexity index is 753. The second-order valence-corrected chi connectivity index (χ2v) is 3.31. The molecule has 1 heterocycles. The van der Waals surface area contributed by atoms with Gasteiger partial charge >= 0.3 is 0 Å². The van der Waals surface area contributed by atoms with Crippen molar-refractivity contribution in [2.24, 2.45) is 10.2 Å². The van der Waals surface area contributed by atoms with Gasteiger partial charge in [-0.2, -0.15) is 9.78 Å².